The SMILES string of the molecule is C1=C[CH]([Hf]2([CH]3C=CC4=C3CCCC4)[CH2][CH2]2)C2=C1CCCC2.Cl.Cl. The van der Waals surface area contributed by atoms with Crippen LogP contribution in [0.5, 0.6) is 0 Å². The first-order valence-corrected chi connectivity index (χ1v) is 18.4. The second-order valence-corrected chi connectivity index (χ2v) is 24.8. The van der Waals surface area contributed by atoms with E-state index in [1.165, 1.54) is 51.4 Å². The second kappa shape index (κ2) is 6.96. The zero-order valence-electron chi connectivity index (χ0n) is 13.9. The first-order chi connectivity index (χ1) is 10.4. The predicted octanol–water partition coefficient (Wildman–Crippen LogP) is 7.29. The van der Waals surface area contributed by atoms with Crippen LogP contribution in [0.15, 0.2) is 46.6 Å². The zero-order valence-corrected chi connectivity index (χ0v) is 19.1. The minimum atomic E-state index is -2.10. The van der Waals surface area contributed by atoms with Crippen LogP contribution in [0.25, 0.3) is 0 Å². The van der Waals surface area contributed by atoms with Crippen LogP contribution in [0.3, 0.4) is 0 Å². The van der Waals surface area contributed by atoms with Gasteiger partial charge in [-0.25, -0.2) is 0 Å². The summed E-state index contributed by atoms with van der Waals surface area (Å²) in [4.78, 5) is 0. The Labute approximate surface area is 157 Å². The van der Waals surface area contributed by atoms with E-state index in [4.69, 9.17) is 0 Å². The van der Waals surface area contributed by atoms with E-state index in [1.54, 1.807) is 19.5 Å². The van der Waals surface area contributed by atoms with E-state index in [9.17, 15) is 0 Å². The molecule has 0 nitrogen and oxygen atoms in total. The number of allylic oxidation sites excluding steroid dienone is 8. The fourth-order valence-electron chi connectivity index (χ4n) is 5.69. The Balaban J connectivity index is 0.000000781. The molecule has 0 bridgehead atoms. The molecule has 2 unspecified atom stereocenters. The summed E-state index contributed by atoms with van der Waals surface area (Å²) in [5.41, 5.74) is 7.44. The minimum absolute atomic E-state index is 0. The van der Waals surface area contributed by atoms with Crippen molar-refractivity contribution < 1.29 is 20.0 Å². The van der Waals surface area contributed by atoms with Gasteiger partial charge in [0.15, 0.2) is 0 Å². The molecule has 5 aliphatic rings. The summed E-state index contributed by atoms with van der Waals surface area (Å²) in [5.74, 6) is 0. The molecule has 3 heteroatoms. The summed E-state index contributed by atoms with van der Waals surface area (Å²) in [6.07, 6.45) is 22.0. The van der Waals surface area contributed by atoms with Gasteiger partial charge in [-0.2, -0.15) is 0 Å². The Morgan fingerprint density at radius 2 is 1.09 bits per heavy atom. The van der Waals surface area contributed by atoms with E-state index in [1.807, 2.05) is 11.1 Å². The van der Waals surface area contributed by atoms with Gasteiger partial charge in [0.05, 0.1) is 0 Å². The Morgan fingerprint density at radius 3 is 1.52 bits per heavy atom. The molecule has 4 aliphatic carbocycles. The molecule has 2 atom stereocenters. The van der Waals surface area contributed by atoms with Crippen molar-refractivity contribution in [1.82, 2.24) is 0 Å². The first kappa shape index (κ1) is 18.2. The standard InChI is InChI=1S/2C9H11.C2H4.2ClH.Hf/c2*1-2-5-9-7-3-6-8(9)4-1;1-2;;;/h2*3,6-7H,1-2,4-5H2;1-2H2;2*1H;. The van der Waals surface area contributed by atoms with Crippen molar-refractivity contribution in [3.63, 3.8) is 0 Å². The van der Waals surface area contributed by atoms with Crippen LogP contribution in [0.4, 0.5) is 0 Å². The van der Waals surface area contributed by atoms with Gasteiger partial charge >= 0.3 is 134 Å². The van der Waals surface area contributed by atoms with Crippen LogP contribution >= 0.6 is 24.8 Å². The van der Waals surface area contributed by atoms with Gasteiger partial charge in [-0.05, 0) is 0 Å². The number of hydrogen-bond donors (Lipinski definition) is 0. The molecule has 0 spiro atoms. The molecule has 0 N–H and O–H groups in total. The van der Waals surface area contributed by atoms with Gasteiger partial charge in [-0.15, -0.1) is 24.8 Å². The normalized spacial score (nSPS) is 33.0. The van der Waals surface area contributed by atoms with Crippen LogP contribution in [0.1, 0.15) is 51.4 Å². The average molecular weight is 518 g/mol. The molecular weight excluding hydrogens is 490 g/mol. The quantitative estimate of drug-likeness (QED) is 0.337. The zero-order chi connectivity index (χ0) is 13.9. The van der Waals surface area contributed by atoms with Gasteiger partial charge in [-0.3, -0.25) is 0 Å². The molecule has 23 heavy (non-hydrogen) atoms. The third kappa shape index (κ3) is 2.83. The Hall–Kier alpha value is 0.410. The number of rotatable bonds is 2. The van der Waals surface area contributed by atoms with Crippen LogP contribution in [0.2, 0.25) is 15.7 Å². The summed E-state index contributed by atoms with van der Waals surface area (Å²) >= 11 is -2.10. The molecular formula is C20H28Cl2Hf. The average Bonchev–Trinajstić information content (AvgIpc) is 3.03. The van der Waals surface area contributed by atoms with Gasteiger partial charge in [0.1, 0.15) is 0 Å². The fraction of sp³-hybridized carbons (Fsp3) is 0.600. The number of hydrogen-bond acceptors (Lipinski definition) is 0. The van der Waals surface area contributed by atoms with Crippen LogP contribution in [-0.4, -0.2) is 0 Å². The van der Waals surface area contributed by atoms with Crippen LogP contribution in [-0.2, 0) is 20.0 Å². The van der Waals surface area contributed by atoms with Crippen LogP contribution < -0.4 is 0 Å². The molecule has 0 saturated carbocycles. The smallest absolute Gasteiger partial charge is 0.147 e. The summed E-state index contributed by atoms with van der Waals surface area (Å²) in [5, 5.41) is 0. The molecule has 0 aromatic heterocycles. The molecule has 0 amide bonds. The summed E-state index contributed by atoms with van der Waals surface area (Å²) in [6.45, 7) is 0. The molecule has 5 rings (SSSR count). The topological polar surface area (TPSA) is 0 Å². The van der Waals surface area contributed by atoms with E-state index in [2.05, 4.69) is 24.3 Å². The van der Waals surface area contributed by atoms with Crippen molar-refractivity contribution >= 4 is 24.8 Å². The van der Waals surface area contributed by atoms with Crippen molar-refractivity contribution in [2.45, 2.75) is 67.1 Å². The predicted molar refractivity (Wildman–Crippen MR) is 101 cm³/mol. The first-order valence-electron chi connectivity index (χ1n) is 9.19. The molecule has 1 fully saturated rings. The van der Waals surface area contributed by atoms with Crippen molar-refractivity contribution in [1.29, 1.82) is 0 Å². The van der Waals surface area contributed by atoms with Gasteiger partial charge in [-0.1, -0.05) is 0 Å². The maximum Gasteiger partial charge on any atom is -0.147 e. The van der Waals surface area contributed by atoms with Gasteiger partial charge in [0.2, 0.25) is 0 Å². The maximum absolute atomic E-state index is 2.69. The van der Waals surface area contributed by atoms with Crippen molar-refractivity contribution in [3.8, 4) is 0 Å². The Kier molecular flexibility index (Phi) is 5.51. The van der Waals surface area contributed by atoms with Crippen molar-refractivity contribution in [3.05, 3.63) is 46.6 Å². The molecule has 1 saturated heterocycles. The maximum atomic E-state index is 2.69. The molecule has 1 heterocycles. The van der Waals surface area contributed by atoms with E-state index in [0.29, 0.717) is 0 Å². The van der Waals surface area contributed by atoms with Crippen molar-refractivity contribution in [2.75, 3.05) is 0 Å². The third-order valence-corrected chi connectivity index (χ3v) is 25.6. The Morgan fingerprint density at radius 1 is 0.652 bits per heavy atom. The molecule has 0 radical (unpaired) electrons. The van der Waals surface area contributed by atoms with Crippen LogP contribution in [0, 0.1) is 0 Å². The monoisotopic (exact) mass is 518 g/mol. The Bertz CT molecular complexity index is 557. The minimum Gasteiger partial charge on any atom is -0.147 e. The second-order valence-electron chi connectivity index (χ2n) is 7.92. The summed E-state index contributed by atoms with van der Waals surface area (Å²) in [6, 6.07) is 0. The number of halogens is 2. The molecule has 1 aliphatic heterocycles. The summed E-state index contributed by atoms with van der Waals surface area (Å²) < 4.78 is 5.39. The largest absolute Gasteiger partial charge is 0.147 e. The third-order valence-electron chi connectivity index (χ3n) is 6.91. The molecule has 0 aromatic carbocycles. The summed E-state index contributed by atoms with van der Waals surface area (Å²) in [7, 11) is 0. The molecule has 126 valence electrons. The van der Waals surface area contributed by atoms with E-state index >= 15 is 0 Å². The van der Waals surface area contributed by atoms with E-state index < -0.39 is 20.0 Å². The van der Waals surface area contributed by atoms with Gasteiger partial charge < -0.3 is 0 Å². The fourth-order valence-corrected chi connectivity index (χ4v) is 31.9. The van der Waals surface area contributed by atoms with Gasteiger partial charge in [0.25, 0.3) is 0 Å². The van der Waals surface area contributed by atoms with Crippen molar-refractivity contribution in [2.24, 2.45) is 0 Å². The molecule has 0 aromatic rings. The van der Waals surface area contributed by atoms with E-state index in [0.717, 1.165) is 7.35 Å². The van der Waals surface area contributed by atoms with E-state index in [-0.39, 0.29) is 24.8 Å². The van der Waals surface area contributed by atoms with Gasteiger partial charge in [0, 0.05) is 0 Å².